The highest BCUT2D eigenvalue weighted by atomic mass is 16.5. The number of phenols is 1. The van der Waals surface area contributed by atoms with E-state index in [1.807, 2.05) is 48.5 Å². The molecule has 34 heavy (non-hydrogen) atoms. The molecule has 0 saturated carbocycles. The van der Waals surface area contributed by atoms with Crippen LogP contribution in [0.15, 0.2) is 72.8 Å². The molecule has 0 bridgehead atoms. The summed E-state index contributed by atoms with van der Waals surface area (Å²) in [6.07, 6.45) is 1.37. The van der Waals surface area contributed by atoms with Gasteiger partial charge in [-0.3, -0.25) is 9.59 Å². The quantitative estimate of drug-likeness (QED) is 0.463. The van der Waals surface area contributed by atoms with E-state index in [9.17, 15) is 14.7 Å². The molecule has 176 valence electrons. The molecule has 3 N–H and O–H groups in total. The molecule has 7 heteroatoms. The number of nitrogens with one attached hydrogen (secondary N) is 2. The Bertz CT molecular complexity index is 1140. The van der Waals surface area contributed by atoms with Crippen molar-refractivity contribution in [1.82, 2.24) is 4.90 Å². The zero-order valence-electron chi connectivity index (χ0n) is 19.2. The van der Waals surface area contributed by atoms with Gasteiger partial charge in [-0.2, -0.15) is 0 Å². The van der Waals surface area contributed by atoms with Crippen LogP contribution in [-0.2, 0) is 16.1 Å². The topological polar surface area (TPSA) is 90.9 Å². The van der Waals surface area contributed by atoms with Crippen molar-refractivity contribution in [3.05, 3.63) is 78.4 Å². The van der Waals surface area contributed by atoms with E-state index < -0.39 is 0 Å². The maximum Gasteiger partial charge on any atom is 0.227 e. The van der Waals surface area contributed by atoms with Crippen molar-refractivity contribution in [2.24, 2.45) is 5.92 Å². The van der Waals surface area contributed by atoms with Crippen LogP contribution in [0.1, 0.15) is 25.3 Å². The van der Waals surface area contributed by atoms with Gasteiger partial charge in [-0.1, -0.05) is 24.3 Å². The van der Waals surface area contributed by atoms with Gasteiger partial charge in [0.05, 0.1) is 5.69 Å². The molecule has 4 rings (SSSR count). The molecule has 7 nitrogen and oxygen atoms in total. The summed E-state index contributed by atoms with van der Waals surface area (Å²) in [4.78, 5) is 26.0. The Hall–Kier alpha value is -4.00. The van der Waals surface area contributed by atoms with Crippen LogP contribution in [0.4, 0.5) is 11.4 Å². The van der Waals surface area contributed by atoms with Crippen molar-refractivity contribution in [2.45, 2.75) is 26.3 Å². The lowest BCUT2D eigenvalue weighted by atomic mass is 9.95. The lowest BCUT2D eigenvalue weighted by Gasteiger charge is -2.30. The number of carbonyl (C=O) groups is 2. The molecule has 3 aromatic carbocycles. The van der Waals surface area contributed by atoms with Crippen molar-refractivity contribution < 1.29 is 19.4 Å². The normalized spacial score (nSPS) is 13.9. The van der Waals surface area contributed by atoms with E-state index in [0.29, 0.717) is 44.0 Å². The number of phenolic OH excluding ortho intramolecular Hbond substituents is 1. The molecule has 1 saturated heterocycles. The molecule has 1 aliphatic rings. The third-order valence-corrected chi connectivity index (χ3v) is 5.94. The van der Waals surface area contributed by atoms with Crippen LogP contribution < -0.4 is 15.4 Å². The zero-order valence-corrected chi connectivity index (χ0v) is 19.2. The number of carbonyl (C=O) groups excluding carboxylic acids is 2. The summed E-state index contributed by atoms with van der Waals surface area (Å²) in [6.45, 7) is 3.38. The van der Waals surface area contributed by atoms with Gasteiger partial charge < -0.3 is 25.4 Å². The summed E-state index contributed by atoms with van der Waals surface area (Å²) in [7, 11) is 0. The monoisotopic (exact) mass is 459 g/mol. The third-order valence-electron chi connectivity index (χ3n) is 5.94. The second-order valence-electron chi connectivity index (χ2n) is 8.42. The minimum absolute atomic E-state index is 0.000884. The zero-order chi connectivity index (χ0) is 23.9. The van der Waals surface area contributed by atoms with Gasteiger partial charge in [-0.15, -0.1) is 0 Å². The number of amides is 2. The number of para-hydroxylation sites is 2. The number of hydrogen-bond acceptors (Lipinski definition) is 5. The van der Waals surface area contributed by atoms with Crippen LogP contribution in [0.5, 0.6) is 17.2 Å². The lowest BCUT2D eigenvalue weighted by molar-refractivity contribution is -0.132. The van der Waals surface area contributed by atoms with Crippen molar-refractivity contribution in [3.8, 4) is 17.2 Å². The van der Waals surface area contributed by atoms with Gasteiger partial charge >= 0.3 is 0 Å². The number of nitrogens with zero attached hydrogens (tertiary/aromatic N) is 1. The Morgan fingerprint density at radius 3 is 2.47 bits per heavy atom. The summed E-state index contributed by atoms with van der Waals surface area (Å²) < 4.78 is 5.96. The molecule has 0 aromatic heterocycles. The standard InChI is InChI=1S/C27H29N3O4/c1-19(31)30-15-13-21(14-16-30)27(33)29-22-6-4-5-20(17-22)18-28-25-7-2-3-8-26(25)34-24-11-9-23(32)10-12-24/h2-12,17,21,28,32H,13-16,18H2,1H3,(H,29,33). The fourth-order valence-electron chi connectivity index (χ4n) is 4.00. The van der Waals surface area contributed by atoms with E-state index in [-0.39, 0.29) is 23.5 Å². The molecular formula is C27H29N3O4. The van der Waals surface area contributed by atoms with E-state index in [4.69, 9.17) is 4.74 Å². The Morgan fingerprint density at radius 2 is 1.74 bits per heavy atom. The third kappa shape index (κ3) is 6.07. The van der Waals surface area contributed by atoms with Gasteiger partial charge in [0.25, 0.3) is 0 Å². The van der Waals surface area contributed by atoms with Crippen LogP contribution in [0.25, 0.3) is 0 Å². The smallest absolute Gasteiger partial charge is 0.227 e. The maximum absolute atomic E-state index is 12.7. The van der Waals surface area contributed by atoms with Gasteiger partial charge in [0.2, 0.25) is 11.8 Å². The van der Waals surface area contributed by atoms with E-state index in [0.717, 1.165) is 16.9 Å². The average Bonchev–Trinajstić information content (AvgIpc) is 2.85. The highest BCUT2D eigenvalue weighted by molar-refractivity contribution is 5.92. The minimum Gasteiger partial charge on any atom is -0.508 e. The van der Waals surface area contributed by atoms with Crippen LogP contribution in [0, 0.1) is 5.92 Å². The van der Waals surface area contributed by atoms with Gasteiger partial charge in [0.1, 0.15) is 11.5 Å². The summed E-state index contributed by atoms with van der Waals surface area (Å²) in [5, 5.41) is 15.9. The number of hydrogen-bond donors (Lipinski definition) is 3. The molecule has 0 radical (unpaired) electrons. The molecule has 2 amide bonds. The van der Waals surface area contributed by atoms with Crippen molar-refractivity contribution >= 4 is 23.2 Å². The number of likely N-dealkylation sites (tertiary alicyclic amines) is 1. The molecule has 0 aliphatic carbocycles. The van der Waals surface area contributed by atoms with E-state index in [1.165, 1.54) is 0 Å². The number of rotatable bonds is 7. The van der Waals surface area contributed by atoms with Crippen LogP contribution in [-0.4, -0.2) is 34.9 Å². The summed E-state index contributed by atoms with van der Waals surface area (Å²) in [5.74, 6) is 1.48. The molecule has 3 aromatic rings. The molecule has 1 aliphatic heterocycles. The van der Waals surface area contributed by atoms with Crippen molar-refractivity contribution in [2.75, 3.05) is 23.7 Å². The first-order valence-electron chi connectivity index (χ1n) is 11.4. The summed E-state index contributed by atoms with van der Waals surface area (Å²) >= 11 is 0. The molecular weight excluding hydrogens is 430 g/mol. The number of aromatic hydroxyl groups is 1. The first kappa shape index (κ1) is 23.2. The van der Waals surface area contributed by atoms with Crippen molar-refractivity contribution in [3.63, 3.8) is 0 Å². The Morgan fingerprint density at radius 1 is 1.00 bits per heavy atom. The van der Waals surface area contributed by atoms with E-state index >= 15 is 0 Å². The maximum atomic E-state index is 12.7. The Balaban J connectivity index is 1.35. The van der Waals surface area contributed by atoms with Gasteiger partial charge in [-0.25, -0.2) is 0 Å². The van der Waals surface area contributed by atoms with Crippen LogP contribution in [0.2, 0.25) is 0 Å². The predicted molar refractivity (Wildman–Crippen MR) is 132 cm³/mol. The number of benzene rings is 3. The van der Waals surface area contributed by atoms with Crippen LogP contribution in [0.3, 0.4) is 0 Å². The summed E-state index contributed by atoms with van der Waals surface area (Å²) in [5.41, 5.74) is 2.61. The first-order chi connectivity index (χ1) is 16.5. The summed E-state index contributed by atoms with van der Waals surface area (Å²) in [6, 6.07) is 22.0. The first-order valence-corrected chi connectivity index (χ1v) is 11.4. The fraction of sp³-hybridized carbons (Fsp3) is 0.259. The number of anilines is 2. The number of piperidine rings is 1. The molecule has 0 atom stereocenters. The molecule has 0 spiro atoms. The lowest BCUT2D eigenvalue weighted by Crippen LogP contribution is -2.40. The SMILES string of the molecule is CC(=O)N1CCC(C(=O)Nc2cccc(CNc3ccccc3Oc3ccc(O)cc3)c2)CC1. The van der Waals surface area contributed by atoms with Gasteiger partial charge in [0, 0.05) is 38.2 Å². The predicted octanol–water partition coefficient (Wildman–Crippen LogP) is 4.99. The Labute approximate surface area is 199 Å². The number of ether oxygens (including phenoxy) is 1. The van der Waals surface area contributed by atoms with E-state index in [1.54, 1.807) is 36.1 Å². The van der Waals surface area contributed by atoms with Crippen LogP contribution >= 0.6 is 0 Å². The largest absolute Gasteiger partial charge is 0.508 e. The highest BCUT2D eigenvalue weighted by Crippen LogP contribution is 2.30. The Kier molecular flexibility index (Phi) is 7.32. The fourth-order valence-corrected chi connectivity index (χ4v) is 4.00. The van der Waals surface area contributed by atoms with E-state index in [2.05, 4.69) is 10.6 Å². The molecule has 1 heterocycles. The highest BCUT2D eigenvalue weighted by Gasteiger charge is 2.26. The van der Waals surface area contributed by atoms with Gasteiger partial charge in [0.15, 0.2) is 5.75 Å². The second-order valence-corrected chi connectivity index (χ2v) is 8.42. The minimum atomic E-state index is -0.0821. The second kappa shape index (κ2) is 10.7. The molecule has 0 unspecified atom stereocenters. The molecule has 1 fully saturated rings. The van der Waals surface area contributed by atoms with Crippen molar-refractivity contribution in [1.29, 1.82) is 0 Å². The van der Waals surface area contributed by atoms with Gasteiger partial charge in [-0.05, 0) is 66.9 Å². The average molecular weight is 460 g/mol.